The van der Waals surface area contributed by atoms with Crippen molar-refractivity contribution < 1.29 is 9.53 Å². The molecule has 2 aromatic carbocycles. The number of nitrogens with zero attached hydrogens (tertiary/aromatic N) is 1. The van der Waals surface area contributed by atoms with Gasteiger partial charge >= 0.3 is 0 Å². The van der Waals surface area contributed by atoms with Crippen molar-refractivity contribution in [1.29, 1.82) is 5.26 Å². The Morgan fingerprint density at radius 1 is 1.30 bits per heavy atom. The molecule has 0 aliphatic heterocycles. The van der Waals surface area contributed by atoms with Crippen molar-refractivity contribution in [3.63, 3.8) is 0 Å². The summed E-state index contributed by atoms with van der Waals surface area (Å²) in [6.07, 6.45) is 0. The highest BCUT2D eigenvalue weighted by molar-refractivity contribution is 9.10. The molecule has 0 aliphatic carbocycles. The molecule has 2 rings (SSSR count). The van der Waals surface area contributed by atoms with Gasteiger partial charge in [-0.1, -0.05) is 28.1 Å². The molecule has 2 aromatic rings. The number of benzene rings is 2. The van der Waals surface area contributed by atoms with E-state index in [0.29, 0.717) is 22.6 Å². The molecule has 4 nitrogen and oxygen atoms in total. The number of ether oxygens (including phenoxy) is 1. The van der Waals surface area contributed by atoms with E-state index >= 15 is 0 Å². The van der Waals surface area contributed by atoms with E-state index in [-0.39, 0.29) is 5.91 Å². The van der Waals surface area contributed by atoms with E-state index < -0.39 is 0 Å². The van der Waals surface area contributed by atoms with Crippen LogP contribution in [0.3, 0.4) is 0 Å². The molecule has 0 heterocycles. The van der Waals surface area contributed by atoms with Crippen LogP contribution < -0.4 is 10.1 Å². The van der Waals surface area contributed by atoms with Crippen LogP contribution in [-0.2, 0) is 0 Å². The van der Waals surface area contributed by atoms with Crippen molar-refractivity contribution in [2.45, 2.75) is 0 Å². The number of anilines is 1. The van der Waals surface area contributed by atoms with Crippen molar-refractivity contribution in [3.05, 3.63) is 58.1 Å². The summed E-state index contributed by atoms with van der Waals surface area (Å²) in [6, 6.07) is 14.0. The number of nitriles is 1. The largest absolute Gasteiger partial charge is 0.496 e. The van der Waals surface area contributed by atoms with E-state index in [1.165, 1.54) is 7.11 Å². The minimum absolute atomic E-state index is 0.322. The molecule has 0 fully saturated rings. The van der Waals surface area contributed by atoms with Crippen LogP contribution in [0.15, 0.2) is 46.9 Å². The van der Waals surface area contributed by atoms with Gasteiger partial charge in [-0.05, 0) is 30.3 Å². The Hall–Kier alpha value is -2.32. The topological polar surface area (TPSA) is 62.1 Å². The van der Waals surface area contributed by atoms with Crippen LogP contribution in [0.2, 0.25) is 0 Å². The Labute approximate surface area is 125 Å². The van der Waals surface area contributed by atoms with Crippen LogP contribution in [0, 0.1) is 11.3 Å². The lowest BCUT2D eigenvalue weighted by Gasteiger charge is -2.10. The average molecular weight is 331 g/mol. The number of hydrogen-bond acceptors (Lipinski definition) is 3. The van der Waals surface area contributed by atoms with Crippen molar-refractivity contribution in [2.24, 2.45) is 0 Å². The molecular formula is C15H11BrN2O2. The summed E-state index contributed by atoms with van der Waals surface area (Å²) in [6.45, 7) is 0. The minimum atomic E-state index is -0.322. The number of methoxy groups -OCH3 is 1. The summed E-state index contributed by atoms with van der Waals surface area (Å²) >= 11 is 3.32. The third kappa shape index (κ3) is 2.98. The highest BCUT2D eigenvalue weighted by atomic mass is 79.9. The number of hydrogen-bond donors (Lipinski definition) is 1. The lowest BCUT2D eigenvalue weighted by Crippen LogP contribution is -2.14. The van der Waals surface area contributed by atoms with Crippen molar-refractivity contribution in [1.82, 2.24) is 0 Å². The van der Waals surface area contributed by atoms with Gasteiger partial charge in [0, 0.05) is 4.47 Å². The highest BCUT2D eigenvalue weighted by Gasteiger charge is 2.14. The molecule has 0 bridgehead atoms. The molecule has 0 aliphatic rings. The second-order valence-corrected chi connectivity index (χ2v) is 4.87. The molecule has 0 radical (unpaired) electrons. The molecule has 1 amide bonds. The number of halogens is 1. The Kier molecular flexibility index (Phi) is 4.38. The van der Waals surface area contributed by atoms with Gasteiger partial charge in [-0.2, -0.15) is 5.26 Å². The molecule has 1 N–H and O–H groups in total. The van der Waals surface area contributed by atoms with Crippen LogP contribution in [0.5, 0.6) is 5.75 Å². The molecule has 0 aromatic heterocycles. The Balaban J connectivity index is 2.31. The first-order valence-electron chi connectivity index (χ1n) is 5.79. The molecular weight excluding hydrogens is 320 g/mol. The van der Waals surface area contributed by atoms with Gasteiger partial charge < -0.3 is 10.1 Å². The Morgan fingerprint density at radius 2 is 2.05 bits per heavy atom. The summed E-state index contributed by atoms with van der Waals surface area (Å²) in [7, 11) is 1.50. The molecule has 0 atom stereocenters. The summed E-state index contributed by atoms with van der Waals surface area (Å²) in [5, 5.41) is 11.7. The van der Waals surface area contributed by atoms with Crippen molar-refractivity contribution in [2.75, 3.05) is 12.4 Å². The summed E-state index contributed by atoms with van der Waals surface area (Å²) < 4.78 is 6.01. The number of amides is 1. The zero-order valence-corrected chi connectivity index (χ0v) is 12.3. The van der Waals surface area contributed by atoms with Crippen LogP contribution in [0.4, 0.5) is 5.69 Å². The molecule has 0 saturated heterocycles. The predicted molar refractivity (Wildman–Crippen MR) is 79.8 cm³/mol. The highest BCUT2D eigenvalue weighted by Crippen LogP contribution is 2.25. The van der Waals surface area contributed by atoms with Gasteiger partial charge in [0.2, 0.25) is 0 Å². The van der Waals surface area contributed by atoms with E-state index in [1.54, 1.807) is 42.5 Å². The first-order chi connectivity index (χ1) is 9.65. The van der Waals surface area contributed by atoms with E-state index in [1.807, 2.05) is 6.07 Å². The zero-order chi connectivity index (χ0) is 14.5. The third-order valence-corrected chi connectivity index (χ3v) is 3.20. The van der Waals surface area contributed by atoms with Crippen LogP contribution >= 0.6 is 15.9 Å². The van der Waals surface area contributed by atoms with Gasteiger partial charge in [0.1, 0.15) is 11.8 Å². The number of carbonyl (C=O) groups excluding carboxylic acids is 1. The van der Waals surface area contributed by atoms with E-state index in [4.69, 9.17) is 10.00 Å². The SMILES string of the molecule is COc1cc(Br)ccc1C(=O)Nc1ccccc1C#N. The average Bonchev–Trinajstić information content (AvgIpc) is 2.47. The fraction of sp³-hybridized carbons (Fsp3) is 0.0667. The van der Waals surface area contributed by atoms with Crippen LogP contribution in [0.1, 0.15) is 15.9 Å². The second-order valence-electron chi connectivity index (χ2n) is 3.96. The molecule has 0 spiro atoms. The first-order valence-corrected chi connectivity index (χ1v) is 6.59. The summed E-state index contributed by atoms with van der Waals surface area (Å²) in [5.74, 6) is 0.142. The molecule has 0 unspecified atom stereocenters. The maximum absolute atomic E-state index is 12.3. The van der Waals surface area contributed by atoms with Gasteiger partial charge in [-0.3, -0.25) is 4.79 Å². The predicted octanol–water partition coefficient (Wildman–Crippen LogP) is 3.58. The Morgan fingerprint density at radius 3 is 2.75 bits per heavy atom. The second kappa shape index (κ2) is 6.22. The normalized spacial score (nSPS) is 9.65. The van der Waals surface area contributed by atoms with E-state index in [9.17, 15) is 4.79 Å². The number of nitrogens with one attached hydrogen (secondary N) is 1. The van der Waals surface area contributed by atoms with E-state index in [2.05, 4.69) is 21.2 Å². The first kappa shape index (κ1) is 14.1. The lowest BCUT2D eigenvalue weighted by molar-refractivity contribution is 0.102. The smallest absolute Gasteiger partial charge is 0.259 e. The monoisotopic (exact) mass is 330 g/mol. The lowest BCUT2D eigenvalue weighted by atomic mass is 10.1. The van der Waals surface area contributed by atoms with Gasteiger partial charge in [0.25, 0.3) is 5.91 Å². The molecule has 100 valence electrons. The maximum atomic E-state index is 12.3. The maximum Gasteiger partial charge on any atom is 0.259 e. The standard InChI is InChI=1S/C15H11BrN2O2/c1-20-14-8-11(16)6-7-12(14)15(19)18-13-5-3-2-4-10(13)9-17/h2-8H,1H3,(H,18,19). The van der Waals surface area contributed by atoms with Gasteiger partial charge in [0.15, 0.2) is 0 Å². The number of carbonyl (C=O) groups is 1. The van der Waals surface area contributed by atoms with E-state index in [0.717, 1.165) is 4.47 Å². The fourth-order valence-electron chi connectivity index (χ4n) is 1.73. The number of para-hydroxylation sites is 1. The van der Waals surface area contributed by atoms with Gasteiger partial charge in [-0.25, -0.2) is 0 Å². The zero-order valence-electron chi connectivity index (χ0n) is 10.7. The summed E-state index contributed by atoms with van der Waals surface area (Å²) in [4.78, 5) is 12.3. The fourth-order valence-corrected chi connectivity index (χ4v) is 2.07. The van der Waals surface area contributed by atoms with Gasteiger partial charge in [0.05, 0.1) is 23.9 Å². The van der Waals surface area contributed by atoms with Crippen LogP contribution in [-0.4, -0.2) is 13.0 Å². The van der Waals surface area contributed by atoms with Gasteiger partial charge in [-0.15, -0.1) is 0 Å². The van der Waals surface area contributed by atoms with Crippen molar-refractivity contribution >= 4 is 27.5 Å². The third-order valence-electron chi connectivity index (χ3n) is 2.70. The molecule has 5 heteroatoms. The minimum Gasteiger partial charge on any atom is -0.496 e. The molecule has 0 saturated carbocycles. The Bertz CT molecular complexity index is 693. The quantitative estimate of drug-likeness (QED) is 0.935. The van der Waals surface area contributed by atoms with Crippen molar-refractivity contribution in [3.8, 4) is 11.8 Å². The molecule has 20 heavy (non-hydrogen) atoms. The number of rotatable bonds is 3. The summed E-state index contributed by atoms with van der Waals surface area (Å²) in [5.41, 5.74) is 1.30. The van der Waals surface area contributed by atoms with Crippen LogP contribution in [0.25, 0.3) is 0 Å².